The fourth-order valence-corrected chi connectivity index (χ4v) is 2.37. The quantitative estimate of drug-likeness (QED) is 0.834. The van der Waals surface area contributed by atoms with Gasteiger partial charge in [-0.05, 0) is 18.2 Å². The molecule has 1 aliphatic heterocycles. The van der Waals surface area contributed by atoms with E-state index in [0.29, 0.717) is 24.8 Å². The molecule has 0 amide bonds. The van der Waals surface area contributed by atoms with Gasteiger partial charge in [0.15, 0.2) is 6.29 Å². The second-order valence-electron chi connectivity index (χ2n) is 4.13. The first-order valence-electron chi connectivity index (χ1n) is 5.77. The van der Waals surface area contributed by atoms with Crippen LogP contribution in [-0.2, 0) is 16.0 Å². The minimum absolute atomic E-state index is 0.0798. The van der Waals surface area contributed by atoms with Crippen LogP contribution in [0.2, 0.25) is 5.02 Å². The van der Waals surface area contributed by atoms with Gasteiger partial charge in [-0.2, -0.15) is 0 Å². The van der Waals surface area contributed by atoms with Gasteiger partial charge in [0.25, 0.3) is 5.56 Å². The van der Waals surface area contributed by atoms with Crippen molar-refractivity contribution in [1.29, 1.82) is 0 Å². The Labute approximate surface area is 109 Å². The van der Waals surface area contributed by atoms with Crippen molar-refractivity contribution < 1.29 is 9.47 Å². The van der Waals surface area contributed by atoms with Crippen molar-refractivity contribution in [2.45, 2.75) is 12.8 Å². The summed E-state index contributed by atoms with van der Waals surface area (Å²) in [4.78, 5) is 11.9. The first kappa shape index (κ1) is 11.7. The summed E-state index contributed by atoms with van der Waals surface area (Å²) in [5, 5.41) is 1.49. The topological polar surface area (TPSA) is 40.5 Å². The van der Waals surface area contributed by atoms with Gasteiger partial charge >= 0.3 is 0 Å². The smallest absolute Gasteiger partial charge is 0.251 e. The fraction of sp³-hybridized carbons (Fsp3) is 0.308. The Morgan fingerprint density at radius 2 is 2.00 bits per heavy atom. The number of halogens is 1. The predicted octanol–water partition coefficient (Wildman–Crippen LogP) is 2.03. The molecule has 18 heavy (non-hydrogen) atoms. The molecule has 0 unspecified atom stereocenters. The van der Waals surface area contributed by atoms with E-state index in [2.05, 4.69) is 0 Å². The van der Waals surface area contributed by atoms with Crippen molar-refractivity contribution in [3.05, 3.63) is 45.7 Å². The lowest BCUT2D eigenvalue weighted by Crippen LogP contribution is -2.26. The minimum Gasteiger partial charge on any atom is -0.348 e. The van der Waals surface area contributed by atoms with E-state index in [9.17, 15) is 4.79 Å². The molecule has 1 fully saturated rings. The first-order valence-corrected chi connectivity index (χ1v) is 6.15. The van der Waals surface area contributed by atoms with Crippen molar-refractivity contribution in [2.75, 3.05) is 13.2 Å². The predicted molar refractivity (Wildman–Crippen MR) is 68.9 cm³/mol. The number of ether oxygens (including phenoxy) is 2. The largest absolute Gasteiger partial charge is 0.348 e. The molecule has 94 valence electrons. The van der Waals surface area contributed by atoms with Crippen molar-refractivity contribution in [2.24, 2.45) is 0 Å². The van der Waals surface area contributed by atoms with E-state index in [4.69, 9.17) is 21.1 Å². The van der Waals surface area contributed by atoms with Crippen LogP contribution in [0.15, 0.2) is 35.1 Å². The number of fused-ring (bicyclic) bond motifs is 1. The molecule has 5 heteroatoms. The lowest BCUT2D eigenvalue weighted by Gasteiger charge is -2.14. The van der Waals surface area contributed by atoms with E-state index in [1.54, 1.807) is 16.7 Å². The molecule has 0 atom stereocenters. The molecule has 1 saturated heterocycles. The van der Waals surface area contributed by atoms with Gasteiger partial charge in [-0.3, -0.25) is 4.79 Å². The highest BCUT2D eigenvalue weighted by Crippen LogP contribution is 2.22. The lowest BCUT2D eigenvalue weighted by molar-refractivity contribution is -0.0522. The molecule has 4 nitrogen and oxygen atoms in total. The molecule has 1 aromatic carbocycles. The maximum absolute atomic E-state index is 11.9. The summed E-state index contributed by atoms with van der Waals surface area (Å²) in [6.45, 7) is 1.53. The summed E-state index contributed by atoms with van der Waals surface area (Å²) in [5.41, 5.74) is 0.720. The van der Waals surface area contributed by atoms with Crippen LogP contribution in [0, 0.1) is 0 Å². The van der Waals surface area contributed by atoms with E-state index in [1.807, 2.05) is 12.1 Å². The summed E-state index contributed by atoms with van der Waals surface area (Å²) in [6.07, 6.45) is -0.354. The second-order valence-corrected chi connectivity index (χ2v) is 4.53. The second kappa shape index (κ2) is 4.72. The van der Waals surface area contributed by atoms with Crippen molar-refractivity contribution in [3.8, 4) is 0 Å². The van der Waals surface area contributed by atoms with Gasteiger partial charge in [0.2, 0.25) is 0 Å². The van der Waals surface area contributed by atoms with Crippen LogP contribution in [-0.4, -0.2) is 24.1 Å². The Bertz CT molecular complexity index is 632. The standard InChI is InChI=1S/C13H12ClNO3/c14-10-2-1-3-11-9(10)4-5-12(16)15(11)8-13-17-6-7-18-13/h1-5,13H,6-8H2. The van der Waals surface area contributed by atoms with Crippen LogP contribution in [0.5, 0.6) is 0 Å². The fourth-order valence-electron chi connectivity index (χ4n) is 2.14. The zero-order valence-corrected chi connectivity index (χ0v) is 10.4. The van der Waals surface area contributed by atoms with Gasteiger partial charge in [0.1, 0.15) is 0 Å². The summed E-state index contributed by atoms with van der Waals surface area (Å²) in [7, 11) is 0. The molecule has 1 aliphatic rings. The Morgan fingerprint density at radius 1 is 1.22 bits per heavy atom. The van der Waals surface area contributed by atoms with Crippen LogP contribution in [0.4, 0.5) is 0 Å². The van der Waals surface area contributed by atoms with Crippen LogP contribution < -0.4 is 5.56 Å². The Balaban J connectivity index is 2.11. The Hall–Kier alpha value is -1.36. The first-order chi connectivity index (χ1) is 8.75. The zero-order valence-electron chi connectivity index (χ0n) is 9.64. The minimum atomic E-state index is -0.354. The highest BCUT2D eigenvalue weighted by molar-refractivity contribution is 6.35. The maximum atomic E-state index is 11.9. The molecule has 0 bridgehead atoms. The highest BCUT2D eigenvalue weighted by Gasteiger charge is 2.18. The number of benzene rings is 1. The van der Waals surface area contributed by atoms with E-state index >= 15 is 0 Å². The van der Waals surface area contributed by atoms with Gasteiger partial charge < -0.3 is 14.0 Å². The molecule has 0 aliphatic carbocycles. The van der Waals surface area contributed by atoms with E-state index < -0.39 is 0 Å². The molecule has 0 saturated carbocycles. The number of pyridine rings is 1. The summed E-state index contributed by atoms with van der Waals surface area (Å²) in [6, 6.07) is 8.77. The van der Waals surface area contributed by atoms with Crippen molar-refractivity contribution in [1.82, 2.24) is 4.57 Å². The van der Waals surface area contributed by atoms with E-state index in [1.165, 1.54) is 6.07 Å². The third-order valence-corrected chi connectivity index (χ3v) is 3.33. The number of nitrogens with zero attached hydrogens (tertiary/aromatic N) is 1. The molecule has 1 aromatic heterocycles. The molecule has 0 spiro atoms. The maximum Gasteiger partial charge on any atom is 0.251 e. The van der Waals surface area contributed by atoms with E-state index in [0.717, 1.165) is 10.9 Å². The van der Waals surface area contributed by atoms with Crippen LogP contribution >= 0.6 is 11.6 Å². The number of rotatable bonds is 2. The third kappa shape index (κ3) is 2.03. The van der Waals surface area contributed by atoms with Gasteiger partial charge in [-0.25, -0.2) is 0 Å². The normalized spacial score (nSPS) is 16.5. The average molecular weight is 266 g/mol. The van der Waals surface area contributed by atoms with Crippen LogP contribution in [0.25, 0.3) is 10.9 Å². The van der Waals surface area contributed by atoms with E-state index in [-0.39, 0.29) is 11.8 Å². The SMILES string of the molecule is O=c1ccc2c(Cl)cccc2n1CC1OCCO1. The molecule has 3 rings (SSSR count). The number of hydrogen-bond donors (Lipinski definition) is 0. The number of aromatic nitrogens is 1. The van der Waals surface area contributed by atoms with Gasteiger partial charge in [-0.1, -0.05) is 17.7 Å². The molecular weight excluding hydrogens is 254 g/mol. The van der Waals surface area contributed by atoms with Gasteiger partial charge in [0, 0.05) is 16.5 Å². The lowest BCUT2D eigenvalue weighted by atomic mass is 10.2. The molecular formula is C13H12ClNO3. The molecule has 0 N–H and O–H groups in total. The Morgan fingerprint density at radius 3 is 2.78 bits per heavy atom. The Kier molecular flexibility index (Phi) is 3.07. The van der Waals surface area contributed by atoms with Gasteiger partial charge in [-0.15, -0.1) is 0 Å². The molecule has 2 aromatic rings. The van der Waals surface area contributed by atoms with Crippen LogP contribution in [0.1, 0.15) is 0 Å². The monoisotopic (exact) mass is 265 g/mol. The third-order valence-electron chi connectivity index (χ3n) is 3.00. The summed E-state index contributed by atoms with van der Waals surface area (Å²) in [5.74, 6) is 0. The van der Waals surface area contributed by atoms with Crippen LogP contribution in [0.3, 0.4) is 0 Å². The average Bonchev–Trinajstić information content (AvgIpc) is 2.86. The summed E-state index contributed by atoms with van der Waals surface area (Å²) >= 11 is 6.12. The molecule has 0 radical (unpaired) electrons. The number of hydrogen-bond acceptors (Lipinski definition) is 3. The summed E-state index contributed by atoms with van der Waals surface area (Å²) < 4.78 is 12.4. The highest BCUT2D eigenvalue weighted by atomic mass is 35.5. The van der Waals surface area contributed by atoms with Crippen molar-refractivity contribution >= 4 is 22.5 Å². The zero-order chi connectivity index (χ0) is 12.5. The van der Waals surface area contributed by atoms with Crippen molar-refractivity contribution in [3.63, 3.8) is 0 Å². The molecule has 2 heterocycles. The van der Waals surface area contributed by atoms with Gasteiger partial charge in [0.05, 0.1) is 25.3 Å².